The molecule has 3 aromatic heterocycles. The summed E-state index contributed by atoms with van der Waals surface area (Å²) in [5, 5.41) is 11.1. The maximum Gasteiger partial charge on any atom is 0.252 e. The van der Waals surface area contributed by atoms with Gasteiger partial charge in [-0.25, -0.2) is 9.67 Å². The van der Waals surface area contributed by atoms with E-state index < -0.39 is 0 Å². The molecule has 1 aliphatic rings. The molecule has 4 rings (SSSR count). The van der Waals surface area contributed by atoms with E-state index in [2.05, 4.69) is 28.7 Å². The number of carbonyl (C=O) groups is 2. The number of amides is 2. The molecule has 7 nitrogen and oxygen atoms in total. The van der Waals surface area contributed by atoms with Crippen molar-refractivity contribution in [2.24, 2.45) is 5.92 Å². The Hall–Kier alpha value is -2.74. The monoisotopic (exact) mass is 439 g/mol. The molecule has 1 aliphatic carbocycles. The molecule has 0 aliphatic heterocycles. The van der Waals surface area contributed by atoms with Gasteiger partial charge < -0.3 is 10.6 Å². The van der Waals surface area contributed by atoms with Gasteiger partial charge in [0.2, 0.25) is 5.91 Å². The molecule has 2 N–H and O–H groups in total. The Bertz CT molecular complexity index is 1090. The zero-order valence-electron chi connectivity index (χ0n) is 18.3. The molecule has 2 amide bonds. The van der Waals surface area contributed by atoms with Gasteiger partial charge in [0.15, 0.2) is 5.65 Å². The highest BCUT2D eigenvalue weighted by atomic mass is 32.1. The van der Waals surface area contributed by atoms with Crippen LogP contribution in [0.5, 0.6) is 0 Å². The molecule has 8 heteroatoms. The SMILES string of the molecule is Cc1ccc(-c2cc(C(=O)NCCNC(=O)C3CCCC3)c3cnn(C(C)C)c3n2)s1. The smallest absolute Gasteiger partial charge is 0.252 e. The first-order valence-corrected chi connectivity index (χ1v) is 11.8. The van der Waals surface area contributed by atoms with E-state index in [1.807, 2.05) is 30.7 Å². The predicted octanol–water partition coefficient (Wildman–Crippen LogP) is 4.09. The second kappa shape index (κ2) is 9.18. The van der Waals surface area contributed by atoms with Crippen LogP contribution in [-0.2, 0) is 4.79 Å². The van der Waals surface area contributed by atoms with Gasteiger partial charge in [0.1, 0.15) is 0 Å². The number of thiophene rings is 1. The molecular formula is C23H29N5O2S. The summed E-state index contributed by atoms with van der Waals surface area (Å²) in [6, 6.07) is 6.06. The number of aryl methyl sites for hydroxylation is 1. The van der Waals surface area contributed by atoms with Gasteiger partial charge in [-0.2, -0.15) is 5.10 Å². The van der Waals surface area contributed by atoms with E-state index in [4.69, 9.17) is 4.98 Å². The van der Waals surface area contributed by atoms with Gasteiger partial charge in [-0.3, -0.25) is 9.59 Å². The first-order chi connectivity index (χ1) is 14.9. The summed E-state index contributed by atoms with van der Waals surface area (Å²) < 4.78 is 1.85. The highest BCUT2D eigenvalue weighted by Crippen LogP contribution is 2.30. The lowest BCUT2D eigenvalue weighted by Crippen LogP contribution is -2.37. The summed E-state index contributed by atoms with van der Waals surface area (Å²) in [5.74, 6) is 0.0566. The molecule has 1 saturated carbocycles. The van der Waals surface area contributed by atoms with Crippen molar-refractivity contribution in [3.8, 4) is 10.6 Å². The number of hydrogen-bond donors (Lipinski definition) is 2. The van der Waals surface area contributed by atoms with Crippen LogP contribution in [-0.4, -0.2) is 39.7 Å². The highest BCUT2D eigenvalue weighted by molar-refractivity contribution is 7.15. The Morgan fingerprint density at radius 2 is 1.94 bits per heavy atom. The Labute approximate surface area is 186 Å². The zero-order valence-corrected chi connectivity index (χ0v) is 19.1. The average molecular weight is 440 g/mol. The van der Waals surface area contributed by atoms with Crippen LogP contribution >= 0.6 is 11.3 Å². The number of hydrogen-bond acceptors (Lipinski definition) is 5. The van der Waals surface area contributed by atoms with E-state index in [-0.39, 0.29) is 23.8 Å². The van der Waals surface area contributed by atoms with Crippen LogP contribution in [0.2, 0.25) is 0 Å². The molecule has 0 aromatic carbocycles. The van der Waals surface area contributed by atoms with Gasteiger partial charge in [-0.1, -0.05) is 12.8 Å². The molecule has 0 radical (unpaired) electrons. The molecule has 0 saturated heterocycles. The number of nitrogens with zero attached hydrogens (tertiary/aromatic N) is 3. The van der Waals surface area contributed by atoms with Crippen LogP contribution in [0.3, 0.4) is 0 Å². The Morgan fingerprint density at radius 1 is 1.19 bits per heavy atom. The van der Waals surface area contributed by atoms with Gasteiger partial charge in [-0.15, -0.1) is 11.3 Å². The molecule has 164 valence electrons. The van der Waals surface area contributed by atoms with Crippen molar-refractivity contribution < 1.29 is 9.59 Å². The van der Waals surface area contributed by atoms with E-state index >= 15 is 0 Å². The minimum atomic E-state index is -0.180. The van der Waals surface area contributed by atoms with Crippen LogP contribution < -0.4 is 10.6 Å². The van der Waals surface area contributed by atoms with E-state index in [1.54, 1.807) is 17.5 Å². The number of aromatic nitrogens is 3. The van der Waals surface area contributed by atoms with Crippen LogP contribution in [0, 0.1) is 12.8 Å². The van der Waals surface area contributed by atoms with Gasteiger partial charge >= 0.3 is 0 Å². The predicted molar refractivity (Wildman–Crippen MR) is 123 cm³/mol. The van der Waals surface area contributed by atoms with Gasteiger partial charge in [0.25, 0.3) is 5.91 Å². The molecule has 3 aromatic rings. The standard InChI is InChI=1S/C23H29N5O2S/c1-14(2)28-21-18(13-26-28)17(12-19(27-21)20-9-8-15(3)31-20)23(30)25-11-10-24-22(29)16-6-4-5-7-16/h8-9,12-14,16H,4-7,10-11H2,1-3H3,(H,24,29)(H,25,30). The fourth-order valence-electron chi connectivity index (χ4n) is 4.07. The number of carbonyl (C=O) groups excluding carboxylic acids is 2. The maximum atomic E-state index is 13.0. The lowest BCUT2D eigenvalue weighted by atomic mass is 10.1. The molecule has 31 heavy (non-hydrogen) atoms. The quantitative estimate of drug-likeness (QED) is 0.543. The third-order valence-corrected chi connectivity index (χ3v) is 6.75. The van der Waals surface area contributed by atoms with Crippen LogP contribution in [0.25, 0.3) is 21.6 Å². The number of rotatable bonds is 7. The summed E-state index contributed by atoms with van der Waals surface area (Å²) in [5.41, 5.74) is 2.03. The summed E-state index contributed by atoms with van der Waals surface area (Å²) in [7, 11) is 0. The van der Waals surface area contributed by atoms with Gasteiger partial charge in [0, 0.05) is 29.9 Å². The van der Waals surface area contributed by atoms with Crippen molar-refractivity contribution in [3.05, 3.63) is 34.8 Å². The summed E-state index contributed by atoms with van der Waals surface area (Å²) in [4.78, 5) is 32.2. The number of pyridine rings is 1. The lowest BCUT2D eigenvalue weighted by molar-refractivity contribution is -0.124. The normalized spacial score (nSPS) is 14.5. The van der Waals surface area contributed by atoms with E-state index in [0.29, 0.717) is 24.3 Å². The summed E-state index contributed by atoms with van der Waals surface area (Å²) in [6.45, 7) is 6.95. The number of nitrogens with one attached hydrogen (secondary N) is 2. The van der Waals surface area contributed by atoms with Crippen molar-refractivity contribution in [2.45, 2.75) is 52.5 Å². The Kier molecular flexibility index (Phi) is 6.36. The first-order valence-electron chi connectivity index (χ1n) is 10.9. The van der Waals surface area contributed by atoms with Gasteiger partial charge in [0.05, 0.1) is 27.7 Å². The number of fused-ring (bicyclic) bond motifs is 1. The maximum absolute atomic E-state index is 13.0. The molecular weight excluding hydrogens is 410 g/mol. The fraction of sp³-hybridized carbons (Fsp3) is 0.478. The second-order valence-corrected chi connectivity index (χ2v) is 9.70. The fourth-order valence-corrected chi connectivity index (χ4v) is 4.90. The van der Waals surface area contributed by atoms with Gasteiger partial charge in [-0.05, 0) is 51.8 Å². The molecule has 0 bridgehead atoms. The summed E-state index contributed by atoms with van der Waals surface area (Å²) in [6.07, 6.45) is 5.91. The zero-order chi connectivity index (χ0) is 22.0. The largest absolute Gasteiger partial charge is 0.354 e. The van der Waals surface area contributed by atoms with Crippen molar-refractivity contribution in [1.82, 2.24) is 25.4 Å². The third-order valence-electron chi connectivity index (χ3n) is 5.73. The van der Waals surface area contributed by atoms with Crippen LogP contribution in [0.1, 0.15) is 60.8 Å². The second-order valence-electron chi connectivity index (χ2n) is 8.41. The average Bonchev–Trinajstić information content (AvgIpc) is 3.50. The molecule has 1 fully saturated rings. The first kappa shape index (κ1) is 21.5. The summed E-state index contributed by atoms with van der Waals surface area (Å²) >= 11 is 1.65. The molecule has 0 atom stereocenters. The lowest BCUT2D eigenvalue weighted by Gasteiger charge is -2.12. The van der Waals surface area contributed by atoms with E-state index in [9.17, 15) is 9.59 Å². The van der Waals surface area contributed by atoms with Crippen molar-refractivity contribution in [1.29, 1.82) is 0 Å². The molecule has 0 unspecified atom stereocenters. The minimum Gasteiger partial charge on any atom is -0.354 e. The minimum absolute atomic E-state index is 0.103. The topological polar surface area (TPSA) is 88.9 Å². The third kappa shape index (κ3) is 4.63. The van der Waals surface area contributed by atoms with Crippen LogP contribution in [0.15, 0.2) is 24.4 Å². The molecule has 3 heterocycles. The molecule has 0 spiro atoms. The van der Waals surface area contributed by atoms with Crippen molar-refractivity contribution in [2.75, 3.05) is 13.1 Å². The Morgan fingerprint density at radius 3 is 2.61 bits per heavy atom. The van der Waals surface area contributed by atoms with E-state index in [1.165, 1.54) is 4.88 Å². The van der Waals surface area contributed by atoms with Crippen molar-refractivity contribution >= 4 is 34.2 Å². The van der Waals surface area contributed by atoms with Crippen molar-refractivity contribution in [3.63, 3.8) is 0 Å². The highest BCUT2D eigenvalue weighted by Gasteiger charge is 2.22. The Balaban J connectivity index is 1.52. The van der Waals surface area contributed by atoms with E-state index in [0.717, 1.165) is 41.6 Å². The van der Waals surface area contributed by atoms with Crippen LogP contribution in [0.4, 0.5) is 0 Å².